The van der Waals surface area contributed by atoms with E-state index in [0.717, 1.165) is 22.4 Å². The second-order valence-corrected chi connectivity index (χ2v) is 10.5. The number of carbonyl (C=O) groups is 3. The van der Waals surface area contributed by atoms with Gasteiger partial charge in [0.1, 0.15) is 0 Å². The van der Waals surface area contributed by atoms with Crippen molar-refractivity contribution in [3.8, 4) is 12.3 Å². The van der Waals surface area contributed by atoms with Crippen molar-refractivity contribution < 1.29 is 14.4 Å². The normalized spacial score (nSPS) is 14.3. The monoisotopic (exact) mass is 529 g/mol. The molecule has 208 valence electrons. The van der Waals surface area contributed by atoms with E-state index < -0.39 is 0 Å². The van der Waals surface area contributed by atoms with Crippen molar-refractivity contribution in [1.29, 1.82) is 0 Å². The van der Waals surface area contributed by atoms with Gasteiger partial charge < -0.3 is 15.5 Å². The Morgan fingerprint density at radius 2 is 1.46 bits per heavy atom. The van der Waals surface area contributed by atoms with Crippen LogP contribution in [0.1, 0.15) is 87.3 Å². The Morgan fingerprint density at radius 1 is 0.846 bits per heavy atom. The third-order valence-corrected chi connectivity index (χ3v) is 7.51. The number of nitrogens with one attached hydrogen (secondary N) is 2. The van der Waals surface area contributed by atoms with Crippen LogP contribution in [0.3, 0.4) is 0 Å². The average molecular weight is 530 g/mol. The molecule has 1 aliphatic rings. The van der Waals surface area contributed by atoms with Gasteiger partial charge in [0, 0.05) is 43.6 Å². The van der Waals surface area contributed by atoms with Crippen molar-refractivity contribution in [3.05, 3.63) is 65.2 Å². The van der Waals surface area contributed by atoms with E-state index in [1.54, 1.807) is 4.90 Å². The minimum absolute atomic E-state index is 0.0843. The van der Waals surface area contributed by atoms with Crippen LogP contribution in [0, 0.1) is 25.2 Å². The molecular formula is C33H43N3O3. The minimum Gasteiger partial charge on any atom is -0.356 e. The van der Waals surface area contributed by atoms with Crippen LogP contribution in [0.5, 0.6) is 0 Å². The number of anilines is 1. The highest BCUT2D eigenvalue weighted by Crippen LogP contribution is 2.24. The number of terminal acetylenes is 1. The number of hydrogen-bond acceptors (Lipinski definition) is 3. The molecule has 0 atom stereocenters. The molecule has 6 nitrogen and oxygen atoms in total. The van der Waals surface area contributed by atoms with Gasteiger partial charge in [-0.3, -0.25) is 14.4 Å². The molecule has 0 aliphatic heterocycles. The van der Waals surface area contributed by atoms with Crippen LogP contribution in [0.4, 0.5) is 5.69 Å². The zero-order chi connectivity index (χ0) is 27.9. The molecule has 0 bridgehead atoms. The predicted molar refractivity (Wildman–Crippen MR) is 157 cm³/mol. The fraction of sp³-hybridized carbons (Fsp3) is 0.485. The fourth-order valence-electron chi connectivity index (χ4n) is 5.17. The van der Waals surface area contributed by atoms with Gasteiger partial charge in [-0.1, -0.05) is 80.8 Å². The number of carbonyl (C=O) groups excluding carboxylic acids is 3. The highest BCUT2D eigenvalue weighted by atomic mass is 16.2. The molecule has 2 aromatic rings. The molecule has 39 heavy (non-hydrogen) atoms. The van der Waals surface area contributed by atoms with Gasteiger partial charge in [0.25, 0.3) is 0 Å². The summed E-state index contributed by atoms with van der Waals surface area (Å²) in [6, 6.07) is 15.3. The van der Waals surface area contributed by atoms with Crippen LogP contribution in [0.2, 0.25) is 0 Å². The summed E-state index contributed by atoms with van der Waals surface area (Å²) in [5.74, 6) is 2.82. The largest absolute Gasteiger partial charge is 0.356 e. The summed E-state index contributed by atoms with van der Waals surface area (Å²) < 4.78 is 0. The lowest BCUT2D eigenvalue weighted by Gasteiger charge is -2.25. The quantitative estimate of drug-likeness (QED) is 0.369. The fourth-order valence-corrected chi connectivity index (χ4v) is 5.17. The second-order valence-electron chi connectivity index (χ2n) is 10.5. The first-order valence-corrected chi connectivity index (χ1v) is 14.4. The number of rotatable bonds is 11. The lowest BCUT2D eigenvalue weighted by molar-refractivity contribution is -0.126. The van der Waals surface area contributed by atoms with E-state index in [9.17, 15) is 14.4 Å². The average Bonchev–Trinajstić information content (AvgIpc) is 3.08. The number of para-hydroxylation sites is 1. The van der Waals surface area contributed by atoms with Gasteiger partial charge in [-0.2, -0.15) is 0 Å². The lowest BCUT2D eigenvalue weighted by Crippen LogP contribution is -2.35. The van der Waals surface area contributed by atoms with Crippen LogP contribution < -0.4 is 15.5 Å². The molecule has 0 spiro atoms. The molecule has 0 aromatic heterocycles. The first-order valence-electron chi connectivity index (χ1n) is 14.4. The maximum atomic E-state index is 13.3. The van der Waals surface area contributed by atoms with Gasteiger partial charge >= 0.3 is 0 Å². The summed E-state index contributed by atoms with van der Waals surface area (Å²) in [5, 5.41) is 5.83. The topological polar surface area (TPSA) is 78.5 Å². The molecule has 3 amide bonds. The van der Waals surface area contributed by atoms with Crippen LogP contribution in [-0.4, -0.2) is 30.8 Å². The SMILES string of the molecule is C#Cc1ccccc1CN(C(=O)CCNC(=O)CCC(=O)NCC1CCCCCCCC1)c1ccccc1C. The molecule has 2 N–H and O–H groups in total. The smallest absolute Gasteiger partial charge is 0.229 e. The third kappa shape index (κ3) is 10.2. The predicted octanol–water partition coefficient (Wildman–Crippen LogP) is 5.66. The Balaban J connectivity index is 1.45. The van der Waals surface area contributed by atoms with Gasteiger partial charge in [-0.05, 0) is 48.9 Å². The summed E-state index contributed by atoms with van der Waals surface area (Å²) in [7, 11) is 0. The van der Waals surface area contributed by atoms with Crippen molar-refractivity contribution in [2.75, 3.05) is 18.0 Å². The molecule has 2 aromatic carbocycles. The number of nitrogens with zero attached hydrogens (tertiary/aromatic N) is 1. The Morgan fingerprint density at radius 3 is 2.15 bits per heavy atom. The van der Waals surface area contributed by atoms with Crippen molar-refractivity contribution >= 4 is 23.4 Å². The Hall–Kier alpha value is -3.59. The van der Waals surface area contributed by atoms with E-state index >= 15 is 0 Å². The van der Waals surface area contributed by atoms with Crippen molar-refractivity contribution in [2.45, 2.75) is 84.1 Å². The molecule has 1 fully saturated rings. The van der Waals surface area contributed by atoms with Crippen molar-refractivity contribution in [3.63, 3.8) is 0 Å². The lowest BCUT2D eigenvalue weighted by atomic mass is 9.97. The van der Waals surface area contributed by atoms with Crippen LogP contribution in [-0.2, 0) is 20.9 Å². The van der Waals surface area contributed by atoms with E-state index in [0.29, 0.717) is 19.0 Å². The van der Waals surface area contributed by atoms with Gasteiger partial charge in [0.05, 0.1) is 6.54 Å². The van der Waals surface area contributed by atoms with Crippen molar-refractivity contribution in [2.24, 2.45) is 5.92 Å². The minimum atomic E-state index is -0.222. The first-order chi connectivity index (χ1) is 19.0. The summed E-state index contributed by atoms with van der Waals surface area (Å²) >= 11 is 0. The molecule has 1 aliphatic carbocycles. The molecule has 0 unspecified atom stereocenters. The second kappa shape index (κ2) is 16.4. The highest BCUT2D eigenvalue weighted by Gasteiger charge is 2.19. The maximum Gasteiger partial charge on any atom is 0.229 e. The molecule has 1 saturated carbocycles. The molecule has 0 radical (unpaired) electrons. The number of amides is 3. The van der Waals surface area contributed by atoms with Crippen LogP contribution >= 0.6 is 0 Å². The van der Waals surface area contributed by atoms with E-state index in [1.807, 2.05) is 55.5 Å². The van der Waals surface area contributed by atoms with Crippen LogP contribution in [0.25, 0.3) is 0 Å². The molecule has 0 heterocycles. The van der Waals surface area contributed by atoms with E-state index in [1.165, 1.54) is 51.4 Å². The van der Waals surface area contributed by atoms with Gasteiger partial charge in [0.15, 0.2) is 0 Å². The van der Waals surface area contributed by atoms with Crippen molar-refractivity contribution in [1.82, 2.24) is 10.6 Å². The number of hydrogen-bond donors (Lipinski definition) is 2. The number of aryl methyl sites for hydroxylation is 1. The third-order valence-electron chi connectivity index (χ3n) is 7.51. The molecule has 6 heteroatoms. The highest BCUT2D eigenvalue weighted by molar-refractivity contribution is 5.94. The standard InChI is InChI=1S/C33H43N3O3/c1-3-28-17-11-12-18-29(28)25-36(30-19-13-10-14-26(30)2)33(39)22-23-34-31(37)20-21-32(38)35-24-27-15-8-6-4-5-7-9-16-27/h1,10-14,17-19,27H,4-9,15-16,20-25H2,2H3,(H,34,37)(H,35,38). The molecule has 3 rings (SSSR count). The summed E-state index contributed by atoms with van der Waals surface area (Å²) in [5.41, 5.74) is 3.44. The molecular weight excluding hydrogens is 486 g/mol. The Labute approximate surface area is 233 Å². The molecule has 0 saturated heterocycles. The Kier molecular flexibility index (Phi) is 12.6. The van der Waals surface area contributed by atoms with Crippen LogP contribution in [0.15, 0.2) is 48.5 Å². The zero-order valence-corrected chi connectivity index (χ0v) is 23.3. The first kappa shape index (κ1) is 30.0. The van der Waals surface area contributed by atoms with Gasteiger partial charge in [-0.15, -0.1) is 6.42 Å². The van der Waals surface area contributed by atoms with E-state index in [2.05, 4.69) is 16.6 Å². The maximum absolute atomic E-state index is 13.3. The summed E-state index contributed by atoms with van der Waals surface area (Å²) in [6.07, 6.45) is 16.1. The van der Waals surface area contributed by atoms with Gasteiger partial charge in [0.2, 0.25) is 17.7 Å². The van der Waals surface area contributed by atoms with Gasteiger partial charge in [-0.25, -0.2) is 0 Å². The van der Waals surface area contributed by atoms with E-state index in [-0.39, 0.29) is 43.5 Å². The zero-order valence-electron chi connectivity index (χ0n) is 23.3. The number of benzene rings is 2. The van der Waals surface area contributed by atoms with E-state index in [4.69, 9.17) is 6.42 Å². The summed E-state index contributed by atoms with van der Waals surface area (Å²) in [4.78, 5) is 39.8. The summed E-state index contributed by atoms with van der Waals surface area (Å²) in [6.45, 7) is 3.22. The Bertz CT molecular complexity index is 1130.